The van der Waals surface area contributed by atoms with E-state index in [1.54, 1.807) is 0 Å². The second-order valence-electron chi connectivity index (χ2n) is 8.89. The Bertz CT molecular complexity index is 943. The van der Waals surface area contributed by atoms with Crippen molar-refractivity contribution >= 4 is 12.1 Å². The third kappa shape index (κ3) is 2.05. The molecule has 166 valence electrons. The van der Waals surface area contributed by atoms with E-state index in [0.29, 0.717) is 26.7 Å². The zero-order valence-corrected chi connectivity index (χ0v) is 18.5. The Morgan fingerprint density at radius 1 is 0.594 bits per heavy atom. The van der Waals surface area contributed by atoms with Gasteiger partial charge in [0.15, 0.2) is 11.3 Å². The maximum atomic E-state index is 14.2. The van der Waals surface area contributed by atoms with Crippen molar-refractivity contribution in [3.63, 3.8) is 0 Å². The molecule has 0 N–H and O–H groups in total. The quantitative estimate of drug-likeness (QED) is 0.746. The van der Waals surface area contributed by atoms with Crippen LogP contribution >= 0.6 is 0 Å². The van der Waals surface area contributed by atoms with Crippen LogP contribution in [-0.4, -0.2) is 81.2 Å². The lowest BCUT2D eigenvalue weighted by Crippen LogP contribution is -2.70. The van der Waals surface area contributed by atoms with Gasteiger partial charge >= 0.3 is 12.1 Å². The zero-order chi connectivity index (χ0) is 22.1. The second-order valence-corrected chi connectivity index (χ2v) is 8.89. The predicted octanol–water partition coefficient (Wildman–Crippen LogP) is 2.67. The van der Waals surface area contributed by atoms with Crippen LogP contribution in [0.3, 0.4) is 0 Å². The molecule has 8 nitrogen and oxygen atoms in total. The molecule has 2 aromatic carbocycles. The normalized spacial score (nSPS) is 29.8. The van der Waals surface area contributed by atoms with Gasteiger partial charge in [-0.1, -0.05) is 74.5 Å². The lowest BCUT2D eigenvalue weighted by atomic mass is 9.79. The molecule has 2 aromatic rings. The summed E-state index contributed by atoms with van der Waals surface area (Å²) in [4.78, 5) is 40.3. The highest BCUT2D eigenvalue weighted by Gasteiger charge is 2.82. The van der Waals surface area contributed by atoms with Crippen LogP contribution in [0.25, 0.3) is 0 Å². The molecule has 4 fully saturated rings. The predicted molar refractivity (Wildman–Crippen MR) is 119 cm³/mol. The summed E-state index contributed by atoms with van der Waals surface area (Å²) in [7, 11) is 0. The van der Waals surface area contributed by atoms with Gasteiger partial charge in [0.05, 0.1) is 26.7 Å². The molecule has 4 aliphatic heterocycles. The van der Waals surface area contributed by atoms with Gasteiger partial charge in [0.25, 0.3) is 0 Å². The van der Waals surface area contributed by atoms with Crippen molar-refractivity contribution in [1.29, 1.82) is 0 Å². The number of hydrogen-bond acceptors (Lipinski definition) is 4. The third-order valence-corrected chi connectivity index (χ3v) is 7.58. The maximum absolute atomic E-state index is 14.2. The Morgan fingerprint density at radius 2 is 0.906 bits per heavy atom. The van der Waals surface area contributed by atoms with E-state index < -0.39 is 11.3 Å². The van der Waals surface area contributed by atoms with Crippen molar-refractivity contribution in [1.82, 2.24) is 29.4 Å². The Kier molecular flexibility index (Phi) is 4.10. The minimum Gasteiger partial charge on any atom is -0.280 e. The Hall–Kier alpha value is -3.10. The average Bonchev–Trinajstić information content (AvgIpc) is 3.23. The van der Waals surface area contributed by atoms with Crippen LogP contribution in [0.4, 0.5) is 9.59 Å². The molecule has 8 heteroatoms. The third-order valence-electron chi connectivity index (χ3n) is 7.58. The van der Waals surface area contributed by atoms with E-state index in [0.717, 1.165) is 24.2 Å². The number of hydrogen-bond donors (Lipinski definition) is 0. The van der Waals surface area contributed by atoms with Gasteiger partial charge in [0, 0.05) is 11.1 Å². The van der Waals surface area contributed by atoms with Crippen LogP contribution < -0.4 is 0 Å². The summed E-state index contributed by atoms with van der Waals surface area (Å²) in [5.74, 6) is 0. The number of carbonyl (C=O) groups excluding carboxylic acids is 2. The summed E-state index contributed by atoms with van der Waals surface area (Å²) in [5.41, 5.74) is 0.0670. The van der Waals surface area contributed by atoms with Gasteiger partial charge in [-0.25, -0.2) is 9.59 Å². The van der Waals surface area contributed by atoms with Crippen molar-refractivity contribution in [2.24, 2.45) is 0 Å². The molecule has 4 aliphatic rings. The number of benzene rings is 2. The van der Waals surface area contributed by atoms with Gasteiger partial charge in [-0.3, -0.25) is 29.4 Å². The SMILES string of the molecule is CCN1CN2C(=O)N3CN(CC)CN4C(=O)N(C1)C2(c1ccccc1)C34c1ccccc1. The van der Waals surface area contributed by atoms with Gasteiger partial charge in [-0.2, -0.15) is 0 Å². The summed E-state index contributed by atoms with van der Waals surface area (Å²) < 4.78 is 0. The highest BCUT2D eigenvalue weighted by atomic mass is 16.2. The minimum atomic E-state index is -0.935. The van der Waals surface area contributed by atoms with Crippen molar-refractivity contribution in [2.45, 2.75) is 25.2 Å². The van der Waals surface area contributed by atoms with Crippen molar-refractivity contribution in [3.8, 4) is 0 Å². The zero-order valence-electron chi connectivity index (χ0n) is 18.5. The van der Waals surface area contributed by atoms with E-state index in [9.17, 15) is 9.59 Å². The Balaban J connectivity index is 1.72. The van der Waals surface area contributed by atoms with E-state index in [1.165, 1.54) is 0 Å². The van der Waals surface area contributed by atoms with E-state index in [1.807, 2.05) is 56.0 Å². The topological polar surface area (TPSA) is 53.6 Å². The van der Waals surface area contributed by atoms with E-state index in [-0.39, 0.29) is 12.1 Å². The van der Waals surface area contributed by atoms with Crippen LogP contribution in [0, 0.1) is 0 Å². The number of urea groups is 2. The Labute approximate surface area is 188 Å². The summed E-state index contributed by atoms with van der Waals surface area (Å²) in [6.45, 7) is 7.61. The van der Waals surface area contributed by atoms with Crippen LogP contribution in [0.5, 0.6) is 0 Å². The summed E-state index contributed by atoms with van der Waals surface area (Å²) in [5, 5.41) is 0. The highest BCUT2D eigenvalue weighted by molar-refractivity contribution is 5.90. The first kappa shape index (κ1) is 19.6. The molecule has 0 atom stereocenters. The molecule has 0 bridgehead atoms. The van der Waals surface area contributed by atoms with Gasteiger partial charge in [0.1, 0.15) is 0 Å². The van der Waals surface area contributed by atoms with Crippen molar-refractivity contribution in [3.05, 3.63) is 71.8 Å². The fourth-order valence-electron chi connectivity index (χ4n) is 6.20. The molecule has 0 spiro atoms. The smallest absolute Gasteiger partial charge is 0.280 e. The molecule has 0 unspecified atom stereocenters. The molecule has 0 aliphatic carbocycles. The molecule has 32 heavy (non-hydrogen) atoms. The van der Waals surface area contributed by atoms with Crippen LogP contribution in [0.15, 0.2) is 60.7 Å². The highest BCUT2D eigenvalue weighted by Crippen LogP contribution is 2.64. The number of nitrogens with zero attached hydrogens (tertiary/aromatic N) is 6. The first-order valence-corrected chi connectivity index (χ1v) is 11.3. The van der Waals surface area contributed by atoms with Crippen molar-refractivity contribution in [2.75, 3.05) is 39.8 Å². The van der Waals surface area contributed by atoms with Gasteiger partial charge < -0.3 is 0 Å². The minimum absolute atomic E-state index is 0.0310. The molecule has 0 radical (unpaired) electrons. The summed E-state index contributed by atoms with van der Waals surface area (Å²) in [6.07, 6.45) is 0. The van der Waals surface area contributed by atoms with Gasteiger partial charge in [-0.05, 0) is 13.1 Å². The van der Waals surface area contributed by atoms with E-state index in [2.05, 4.69) is 47.9 Å². The van der Waals surface area contributed by atoms with Crippen LogP contribution in [-0.2, 0) is 11.3 Å². The van der Waals surface area contributed by atoms with Crippen LogP contribution in [0.1, 0.15) is 25.0 Å². The lowest BCUT2D eigenvalue weighted by Gasteiger charge is -2.55. The van der Waals surface area contributed by atoms with Crippen LogP contribution in [0.2, 0.25) is 0 Å². The molecule has 4 heterocycles. The molecule has 6 rings (SSSR count). The monoisotopic (exact) mass is 432 g/mol. The average molecular weight is 433 g/mol. The number of carbonyl (C=O) groups is 2. The standard InChI is InChI=1S/C24H28N6O2/c1-3-25-15-27-21(31)29-17-26(4-2)18-30-22(32)28(16-25)23(27,19-11-7-5-8-12-19)24(29,30)20-13-9-6-10-14-20/h5-14H,3-4,15-18H2,1-2H3. The van der Waals surface area contributed by atoms with E-state index >= 15 is 0 Å². The first-order chi connectivity index (χ1) is 15.6. The maximum Gasteiger partial charge on any atom is 0.326 e. The summed E-state index contributed by atoms with van der Waals surface area (Å²) >= 11 is 0. The van der Waals surface area contributed by atoms with Gasteiger partial charge in [-0.15, -0.1) is 0 Å². The number of amides is 4. The lowest BCUT2D eigenvalue weighted by molar-refractivity contribution is -0.158. The molecule has 0 saturated carbocycles. The Morgan fingerprint density at radius 3 is 1.19 bits per heavy atom. The molecule has 4 saturated heterocycles. The first-order valence-electron chi connectivity index (χ1n) is 11.3. The fourth-order valence-corrected chi connectivity index (χ4v) is 6.20. The van der Waals surface area contributed by atoms with E-state index in [4.69, 9.17) is 0 Å². The second kappa shape index (κ2) is 6.70. The number of rotatable bonds is 4. The molecular weight excluding hydrogens is 404 g/mol. The van der Waals surface area contributed by atoms with Gasteiger partial charge in [0.2, 0.25) is 0 Å². The largest absolute Gasteiger partial charge is 0.326 e. The fraction of sp³-hybridized carbons (Fsp3) is 0.417. The molecule has 4 amide bonds. The molecular formula is C24H28N6O2. The van der Waals surface area contributed by atoms with Crippen molar-refractivity contribution < 1.29 is 9.59 Å². The summed E-state index contributed by atoms with van der Waals surface area (Å²) in [6, 6.07) is 20.1. The molecule has 0 aromatic heterocycles.